The molecule has 0 aliphatic rings. The Balaban J connectivity index is 2.14. The van der Waals surface area contributed by atoms with Crippen LogP contribution in [0.25, 0.3) is 5.69 Å². The topological polar surface area (TPSA) is 108 Å². The molecule has 0 aliphatic heterocycles. The van der Waals surface area contributed by atoms with E-state index in [1.165, 1.54) is 18.3 Å². The van der Waals surface area contributed by atoms with Gasteiger partial charge in [0.05, 0.1) is 11.4 Å². The van der Waals surface area contributed by atoms with Crippen molar-refractivity contribution in [3.8, 4) is 17.3 Å². The number of aromatic hydroxyl groups is 2. The number of aromatic amines is 1. The van der Waals surface area contributed by atoms with Gasteiger partial charge in [-0.3, -0.25) is 14.8 Å². The minimum absolute atomic E-state index is 0.107. The zero-order valence-corrected chi connectivity index (χ0v) is 14.2. The van der Waals surface area contributed by atoms with E-state index in [2.05, 4.69) is 9.98 Å². The van der Waals surface area contributed by atoms with Gasteiger partial charge in [0.25, 0.3) is 5.56 Å². The highest BCUT2D eigenvalue weighted by molar-refractivity contribution is 5.84. The molecule has 0 atom stereocenters. The van der Waals surface area contributed by atoms with Crippen molar-refractivity contribution in [1.29, 1.82) is 0 Å². The minimum Gasteiger partial charge on any atom is -0.508 e. The first-order chi connectivity index (χ1) is 12.4. The molecule has 26 heavy (non-hydrogen) atoms. The van der Waals surface area contributed by atoms with E-state index < -0.39 is 17.1 Å². The smallest absolute Gasteiger partial charge is 0.335 e. The van der Waals surface area contributed by atoms with Gasteiger partial charge in [0.15, 0.2) is 0 Å². The standard InChI is InChI=1S/C19H17N3O4/c1-11-4-3-5-13(8-11)22-18(25)15(17(24)21-19(22)26)10-20-16-7-6-14(23)9-12(16)2/h3-10,23,25H,1-2H3,(H,21,24,26). The first kappa shape index (κ1) is 17.2. The van der Waals surface area contributed by atoms with Crippen molar-refractivity contribution < 1.29 is 10.2 Å². The van der Waals surface area contributed by atoms with E-state index in [0.717, 1.165) is 10.1 Å². The molecule has 3 rings (SSSR count). The van der Waals surface area contributed by atoms with Gasteiger partial charge < -0.3 is 10.2 Å². The van der Waals surface area contributed by atoms with Gasteiger partial charge in [-0.2, -0.15) is 0 Å². The van der Waals surface area contributed by atoms with Crippen molar-refractivity contribution >= 4 is 11.9 Å². The van der Waals surface area contributed by atoms with Crippen molar-refractivity contribution in [2.24, 2.45) is 4.99 Å². The SMILES string of the molecule is Cc1cccc(-n2c(O)c(C=Nc3ccc(O)cc3C)c(=O)[nH]c2=O)c1. The Bertz CT molecular complexity index is 1130. The molecule has 1 aromatic heterocycles. The Kier molecular flexibility index (Phi) is 4.45. The molecule has 0 bridgehead atoms. The van der Waals surface area contributed by atoms with Gasteiger partial charge in [0.2, 0.25) is 5.88 Å². The first-order valence-electron chi connectivity index (χ1n) is 7.86. The summed E-state index contributed by atoms with van der Waals surface area (Å²) in [6.45, 7) is 3.61. The van der Waals surface area contributed by atoms with Gasteiger partial charge in [0.1, 0.15) is 11.3 Å². The van der Waals surface area contributed by atoms with Gasteiger partial charge in [-0.1, -0.05) is 12.1 Å². The number of benzene rings is 2. The van der Waals surface area contributed by atoms with Crippen LogP contribution in [0.4, 0.5) is 5.69 Å². The lowest BCUT2D eigenvalue weighted by atomic mass is 10.2. The van der Waals surface area contributed by atoms with Crippen LogP contribution in [0.15, 0.2) is 57.0 Å². The fourth-order valence-electron chi connectivity index (χ4n) is 2.58. The van der Waals surface area contributed by atoms with E-state index in [0.29, 0.717) is 16.9 Å². The molecule has 0 aliphatic carbocycles. The number of phenols is 1. The van der Waals surface area contributed by atoms with Crippen LogP contribution in [0.1, 0.15) is 16.7 Å². The number of rotatable bonds is 3. The summed E-state index contributed by atoms with van der Waals surface area (Å²) in [5.74, 6) is -0.389. The van der Waals surface area contributed by atoms with Gasteiger partial charge in [0, 0.05) is 6.21 Å². The predicted octanol–water partition coefficient (Wildman–Crippen LogP) is 2.30. The largest absolute Gasteiger partial charge is 0.508 e. The number of aryl methyl sites for hydroxylation is 2. The van der Waals surface area contributed by atoms with Crippen molar-refractivity contribution in [2.45, 2.75) is 13.8 Å². The number of phenolic OH excluding ortho intramolecular Hbond substituents is 1. The van der Waals surface area contributed by atoms with Crippen molar-refractivity contribution in [1.82, 2.24) is 9.55 Å². The van der Waals surface area contributed by atoms with Gasteiger partial charge in [-0.15, -0.1) is 0 Å². The normalized spacial score (nSPS) is 11.2. The number of nitrogens with one attached hydrogen (secondary N) is 1. The van der Waals surface area contributed by atoms with Crippen LogP contribution in [0, 0.1) is 13.8 Å². The predicted molar refractivity (Wildman–Crippen MR) is 99.2 cm³/mol. The van der Waals surface area contributed by atoms with Crippen LogP contribution in [-0.4, -0.2) is 26.0 Å². The molecule has 2 aromatic carbocycles. The minimum atomic E-state index is -0.740. The van der Waals surface area contributed by atoms with E-state index in [9.17, 15) is 19.8 Å². The summed E-state index contributed by atoms with van der Waals surface area (Å²) in [6.07, 6.45) is 1.19. The van der Waals surface area contributed by atoms with Crippen LogP contribution in [0.3, 0.4) is 0 Å². The lowest BCUT2D eigenvalue weighted by molar-refractivity contribution is 0.430. The van der Waals surface area contributed by atoms with Gasteiger partial charge in [-0.25, -0.2) is 9.36 Å². The third-order valence-corrected chi connectivity index (χ3v) is 3.89. The third kappa shape index (κ3) is 3.27. The van der Waals surface area contributed by atoms with Crippen LogP contribution in [0.5, 0.6) is 11.6 Å². The molecule has 1 heterocycles. The molecule has 0 unspecified atom stereocenters. The summed E-state index contributed by atoms with van der Waals surface area (Å²) >= 11 is 0. The average molecular weight is 351 g/mol. The molecule has 0 saturated heterocycles. The zero-order valence-electron chi connectivity index (χ0n) is 14.2. The van der Waals surface area contributed by atoms with E-state index >= 15 is 0 Å². The molecular weight excluding hydrogens is 334 g/mol. The second-order valence-electron chi connectivity index (χ2n) is 5.90. The molecule has 3 aromatic rings. The summed E-state index contributed by atoms with van der Waals surface area (Å²) in [6, 6.07) is 11.6. The van der Waals surface area contributed by atoms with Crippen LogP contribution < -0.4 is 11.2 Å². The molecule has 0 amide bonds. The molecule has 3 N–H and O–H groups in total. The van der Waals surface area contributed by atoms with Crippen molar-refractivity contribution in [2.75, 3.05) is 0 Å². The third-order valence-electron chi connectivity index (χ3n) is 3.89. The summed E-state index contributed by atoms with van der Waals surface area (Å²) in [5.41, 5.74) is 0.930. The van der Waals surface area contributed by atoms with Gasteiger partial charge in [-0.05, 0) is 55.3 Å². The molecule has 0 fully saturated rings. The van der Waals surface area contributed by atoms with E-state index in [1.807, 2.05) is 13.0 Å². The Morgan fingerprint density at radius 2 is 1.85 bits per heavy atom. The van der Waals surface area contributed by atoms with Crippen molar-refractivity contribution in [3.05, 3.63) is 80.0 Å². The molecule has 132 valence electrons. The molecule has 0 spiro atoms. The number of nitrogens with zero attached hydrogens (tertiary/aromatic N) is 2. The Morgan fingerprint density at radius 3 is 2.54 bits per heavy atom. The highest BCUT2D eigenvalue weighted by Gasteiger charge is 2.14. The lowest BCUT2D eigenvalue weighted by Crippen LogP contribution is -2.31. The van der Waals surface area contributed by atoms with Crippen LogP contribution in [0.2, 0.25) is 0 Å². The lowest BCUT2D eigenvalue weighted by Gasteiger charge is -2.10. The Morgan fingerprint density at radius 1 is 1.08 bits per heavy atom. The summed E-state index contributed by atoms with van der Waals surface area (Å²) in [7, 11) is 0. The second kappa shape index (κ2) is 6.72. The summed E-state index contributed by atoms with van der Waals surface area (Å²) < 4.78 is 1.01. The summed E-state index contributed by atoms with van der Waals surface area (Å²) in [4.78, 5) is 30.7. The maximum atomic E-state index is 12.2. The number of H-pyrrole nitrogens is 1. The number of aliphatic imine (C=N–C) groups is 1. The second-order valence-corrected chi connectivity index (χ2v) is 5.90. The summed E-state index contributed by atoms with van der Waals surface area (Å²) in [5, 5.41) is 19.9. The first-order valence-corrected chi connectivity index (χ1v) is 7.86. The quantitative estimate of drug-likeness (QED) is 0.629. The van der Waals surface area contributed by atoms with Crippen LogP contribution >= 0.6 is 0 Å². The molecule has 0 saturated carbocycles. The van der Waals surface area contributed by atoms with Gasteiger partial charge >= 0.3 is 5.69 Å². The number of hydrogen-bond acceptors (Lipinski definition) is 5. The molecule has 7 heteroatoms. The highest BCUT2D eigenvalue weighted by Crippen LogP contribution is 2.23. The highest BCUT2D eigenvalue weighted by atomic mass is 16.3. The molecular formula is C19H17N3O4. The Labute approximate surface area is 148 Å². The monoisotopic (exact) mass is 351 g/mol. The van der Waals surface area contributed by atoms with E-state index in [4.69, 9.17) is 0 Å². The Hall–Kier alpha value is -3.61. The van der Waals surface area contributed by atoms with E-state index in [1.54, 1.807) is 31.2 Å². The average Bonchev–Trinajstić information content (AvgIpc) is 2.56. The van der Waals surface area contributed by atoms with Crippen LogP contribution in [-0.2, 0) is 0 Å². The number of aromatic nitrogens is 2. The maximum absolute atomic E-state index is 12.2. The molecule has 7 nitrogen and oxygen atoms in total. The fraction of sp³-hybridized carbons (Fsp3) is 0.105. The molecule has 0 radical (unpaired) electrons. The zero-order chi connectivity index (χ0) is 18.8. The maximum Gasteiger partial charge on any atom is 0.335 e. The van der Waals surface area contributed by atoms with Crippen molar-refractivity contribution in [3.63, 3.8) is 0 Å². The fourth-order valence-corrected chi connectivity index (χ4v) is 2.58. The van der Waals surface area contributed by atoms with E-state index in [-0.39, 0.29) is 11.3 Å². The number of hydrogen-bond donors (Lipinski definition) is 3.